The molecule has 0 aromatic carbocycles. The van der Waals surface area contributed by atoms with E-state index in [1.54, 1.807) is 25.4 Å². The topological polar surface area (TPSA) is 102 Å². The summed E-state index contributed by atoms with van der Waals surface area (Å²) in [7, 11) is 3.57. The lowest BCUT2D eigenvalue weighted by atomic mass is 10.3. The zero-order chi connectivity index (χ0) is 13.8. The van der Waals surface area contributed by atoms with Gasteiger partial charge in [0.2, 0.25) is 0 Å². The third-order valence-electron chi connectivity index (χ3n) is 2.68. The molecule has 2 rings (SSSR count). The van der Waals surface area contributed by atoms with Crippen molar-refractivity contribution in [3.8, 4) is 0 Å². The van der Waals surface area contributed by atoms with E-state index in [2.05, 4.69) is 20.6 Å². The van der Waals surface area contributed by atoms with Crippen molar-refractivity contribution >= 4 is 11.7 Å². The lowest BCUT2D eigenvalue weighted by Crippen LogP contribution is -2.28. The number of anilines is 1. The van der Waals surface area contributed by atoms with Gasteiger partial charge in [-0.3, -0.25) is 4.79 Å². The van der Waals surface area contributed by atoms with Gasteiger partial charge in [0.25, 0.3) is 5.91 Å². The standard InChI is InChI=1S/C11H15N7O/c1-17-6-5-13-10(17)7-18(2)11(19)8-3-4-9(14-12)16-15-8/h3-6H,7,12H2,1-2H3,(H,14,16). The van der Waals surface area contributed by atoms with Crippen LogP contribution in [0.5, 0.6) is 0 Å². The highest BCUT2D eigenvalue weighted by molar-refractivity contribution is 5.91. The minimum Gasteiger partial charge on any atom is -0.337 e. The molecule has 0 aliphatic carbocycles. The predicted octanol–water partition coefficient (Wildman–Crippen LogP) is -0.232. The van der Waals surface area contributed by atoms with Gasteiger partial charge >= 0.3 is 0 Å². The average Bonchev–Trinajstić information content (AvgIpc) is 2.83. The highest BCUT2D eigenvalue weighted by Gasteiger charge is 2.15. The van der Waals surface area contributed by atoms with E-state index in [9.17, 15) is 4.79 Å². The van der Waals surface area contributed by atoms with E-state index >= 15 is 0 Å². The lowest BCUT2D eigenvalue weighted by Gasteiger charge is -2.16. The third-order valence-corrected chi connectivity index (χ3v) is 2.68. The van der Waals surface area contributed by atoms with Crippen LogP contribution in [0.3, 0.4) is 0 Å². The minimum absolute atomic E-state index is 0.223. The van der Waals surface area contributed by atoms with Crippen LogP contribution in [0.25, 0.3) is 0 Å². The first-order valence-corrected chi connectivity index (χ1v) is 5.64. The molecule has 0 bridgehead atoms. The van der Waals surface area contributed by atoms with Gasteiger partial charge in [-0.1, -0.05) is 0 Å². The number of carbonyl (C=O) groups is 1. The predicted molar refractivity (Wildman–Crippen MR) is 68.8 cm³/mol. The van der Waals surface area contributed by atoms with Crippen molar-refractivity contribution < 1.29 is 4.79 Å². The first kappa shape index (κ1) is 13.0. The molecule has 0 fully saturated rings. The number of nitrogens with two attached hydrogens (primary N) is 1. The van der Waals surface area contributed by atoms with E-state index in [1.165, 1.54) is 4.90 Å². The van der Waals surface area contributed by atoms with Gasteiger partial charge in [-0.2, -0.15) is 0 Å². The van der Waals surface area contributed by atoms with Crippen LogP contribution in [0.4, 0.5) is 5.82 Å². The molecule has 8 heteroatoms. The average molecular weight is 261 g/mol. The van der Waals surface area contributed by atoms with Crippen molar-refractivity contribution in [2.75, 3.05) is 12.5 Å². The molecule has 0 atom stereocenters. The molecule has 1 amide bonds. The third kappa shape index (κ3) is 2.86. The van der Waals surface area contributed by atoms with Crippen LogP contribution in [0.15, 0.2) is 24.5 Å². The zero-order valence-corrected chi connectivity index (χ0v) is 10.7. The van der Waals surface area contributed by atoms with E-state index in [-0.39, 0.29) is 11.6 Å². The molecule has 2 aromatic rings. The summed E-state index contributed by atoms with van der Waals surface area (Å²) in [6.07, 6.45) is 3.52. The summed E-state index contributed by atoms with van der Waals surface area (Å²) in [6, 6.07) is 3.16. The Kier molecular flexibility index (Phi) is 3.71. The van der Waals surface area contributed by atoms with Crippen LogP contribution in [-0.2, 0) is 13.6 Å². The van der Waals surface area contributed by atoms with Crippen molar-refractivity contribution in [3.63, 3.8) is 0 Å². The quantitative estimate of drug-likeness (QED) is 0.582. The summed E-state index contributed by atoms with van der Waals surface area (Å²) in [5, 5.41) is 7.57. The van der Waals surface area contributed by atoms with Crippen molar-refractivity contribution in [2.45, 2.75) is 6.54 Å². The number of amides is 1. The molecule has 0 spiro atoms. The monoisotopic (exact) mass is 261 g/mol. The van der Waals surface area contributed by atoms with Crippen molar-refractivity contribution in [2.24, 2.45) is 12.9 Å². The van der Waals surface area contributed by atoms with E-state index < -0.39 is 0 Å². The summed E-state index contributed by atoms with van der Waals surface area (Å²) >= 11 is 0. The fraction of sp³-hybridized carbons (Fsp3) is 0.273. The summed E-state index contributed by atoms with van der Waals surface area (Å²) in [5.74, 6) is 6.16. The molecule has 0 aliphatic heterocycles. The van der Waals surface area contributed by atoms with Crippen LogP contribution in [0, 0.1) is 0 Å². The van der Waals surface area contributed by atoms with Crippen molar-refractivity contribution in [3.05, 3.63) is 36.0 Å². The van der Waals surface area contributed by atoms with Crippen molar-refractivity contribution in [1.82, 2.24) is 24.6 Å². The molecule has 2 heterocycles. The second-order valence-corrected chi connectivity index (χ2v) is 4.06. The molecular formula is C11H15N7O. The van der Waals surface area contributed by atoms with Gasteiger partial charge < -0.3 is 14.9 Å². The molecule has 8 nitrogen and oxygen atoms in total. The number of nitrogens with one attached hydrogen (secondary N) is 1. The molecule has 19 heavy (non-hydrogen) atoms. The Balaban J connectivity index is 2.08. The summed E-state index contributed by atoms with van der Waals surface area (Å²) in [4.78, 5) is 17.8. The molecule has 0 radical (unpaired) electrons. The van der Waals surface area contributed by atoms with Gasteiger partial charge in [-0.15, -0.1) is 10.2 Å². The smallest absolute Gasteiger partial charge is 0.274 e. The van der Waals surface area contributed by atoms with Crippen LogP contribution in [0.1, 0.15) is 16.3 Å². The number of hydrogen-bond acceptors (Lipinski definition) is 6. The van der Waals surface area contributed by atoms with Gasteiger partial charge in [-0.25, -0.2) is 10.8 Å². The van der Waals surface area contributed by atoms with Crippen LogP contribution in [0.2, 0.25) is 0 Å². The summed E-state index contributed by atoms with van der Waals surface area (Å²) in [6.45, 7) is 0.404. The van der Waals surface area contributed by atoms with Gasteiger partial charge in [0.15, 0.2) is 11.5 Å². The molecule has 100 valence electrons. The molecule has 0 aliphatic rings. The highest BCUT2D eigenvalue weighted by Crippen LogP contribution is 2.06. The van der Waals surface area contributed by atoms with Gasteiger partial charge in [-0.05, 0) is 12.1 Å². The maximum atomic E-state index is 12.1. The van der Waals surface area contributed by atoms with Crippen LogP contribution < -0.4 is 11.3 Å². The van der Waals surface area contributed by atoms with Crippen LogP contribution in [-0.4, -0.2) is 37.6 Å². The molecule has 0 unspecified atom stereocenters. The van der Waals surface area contributed by atoms with E-state index in [1.807, 2.05) is 17.8 Å². The Labute approximate surface area is 110 Å². The van der Waals surface area contributed by atoms with Crippen molar-refractivity contribution in [1.29, 1.82) is 0 Å². The van der Waals surface area contributed by atoms with E-state index in [0.717, 1.165) is 5.82 Å². The second kappa shape index (κ2) is 5.44. The Morgan fingerprint density at radius 3 is 2.79 bits per heavy atom. The molecule has 0 saturated carbocycles. The first-order valence-electron chi connectivity index (χ1n) is 5.64. The van der Waals surface area contributed by atoms with E-state index in [4.69, 9.17) is 5.84 Å². The zero-order valence-electron chi connectivity index (χ0n) is 10.7. The normalized spacial score (nSPS) is 10.3. The molecule has 0 saturated heterocycles. The number of nitrogen functional groups attached to an aromatic ring is 1. The Hall–Kier alpha value is -2.48. The summed E-state index contributed by atoms with van der Waals surface area (Å²) in [5.41, 5.74) is 2.61. The molecular weight excluding hydrogens is 246 g/mol. The van der Waals surface area contributed by atoms with E-state index in [0.29, 0.717) is 12.4 Å². The number of rotatable bonds is 4. The second-order valence-electron chi connectivity index (χ2n) is 4.06. The number of hydrazine groups is 1. The highest BCUT2D eigenvalue weighted by atomic mass is 16.2. The lowest BCUT2D eigenvalue weighted by molar-refractivity contribution is 0.0773. The Morgan fingerprint density at radius 2 is 2.26 bits per heavy atom. The first-order chi connectivity index (χ1) is 9.11. The van der Waals surface area contributed by atoms with Gasteiger partial charge in [0.1, 0.15) is 5.82 Å². The Morgan fingerprint density at radius 1 is 1.47 bits per heavy atom. The fourth-order valence-corrected chi connectivity index (χ4v) is 1.55. The number of imidazole rings is 1. The molecule has 2 aromatic heterocycles. The SMILES string of the molecule is CN(Cc1nccn1C)C(=O)c1ccc(NN)nn1. The summed E-state index contributed by atoms with van der Waals surface area (Å²) < 4.78 is 1.86. The Bertz CT molecular complexity index is 563. The largest absolute Gasteiger partial charge is 0.337 e. The number of carbonyl (C=O) groups excluding carboxylic acids is 1. The fourth-order valence-electron chi connectivity index (χ4n) is 1.55. The number of hydrogen-bond donors (Lipinski definition) is 2. The number of nitrogens with zero attached hydrogens (tertiary/aromatic N) is 5. The van der Waals surface area contributed by atoms with Gasteiger partial charge in [0.05, 0.1) is 6.54 Å². The van der Waals surface area contributed by atoms with Crippen LogP contribution >= 0.6 is 0 Å². The van der Waals surface area contributed by atoms with Gasteiger partial charge in [0, 0.05) is 26.5 Å². The minimum atomic E-state index is -0.223. The number of aryl methyl sites for hydroxylation is 1. The molecule has 3 N–H and O–H groups in total. The maximum absolute atomic E-state index is 12.1. The maximum Gasteiger partial charge on any atom is 0.274 e. The number of aromatic nitrogens is 4.